The SMILES string of the molecule is COC1(Nc2ccc(F)c(Cl)c2)CCC(O)CC1. The molecule has 2 rings (SSSR count). The van der Waals surface area contributed by atoms with E-state index in [9.17, 15) is 9.50 Å². The smallest absolute Gasteiger partial charge is 0.141 e. The van der Waals surface area contributed by atoms with Gasteiger partial charge < -0.3 is 15.2 Å². The summed E-state index contributed by atoms with van der Waals surface area (Å²) in [4.78, 5) is 0. The first-order valence-corrected chi connectivity index (χ1v) is 6.39. The minimum atomic E-state index is -0.500. The monoisotopic (exact) mass is 273 g/mol. The molecule has 2 N–H and O–H groups in total. The third-order valence-electron chi connectivity index (χ3n) is 3.45. The van der Waals surface area contributed by atoms with Gasteiger partial charge in [-0.05, 0) is 43.9 Å². The van der Waals surface area contributed by atoms with Gasteiger partial charge in [0.05, 0.1) is 11.1 Å². The Balaban J connectivity index is 2.12. The van der Waals surface area contributed by atoms with Crippen LogP contribution in [-0.2, 0) is 4.74 Å². The van der Waals surface area contributed by atoms with Gasteiger partial charge in [-0.2, -0.15) is 0 Å². The molecule has 18 heavy (non-hydrogen) atoms. The van der Waals surface area contributed by atoms with Gasteiger partial charge in [0.2, 0.25) is 0 Å². The van der Waals surface area contributed by atoms with Crippen LogP contribution in [0.1, 0.15) is 25.7 Å². The van der Waals surface area contributed by atoms with Crippen LogP contribution in [0.25, 0.3) is 0 Å². The molecule has 0 radical (unpaired) electrons. The second kappa shape index (κ2) is 5.43. The second-order valence-electron chi connectivity index (χ2n) is 4.68. The van der Waals surface area contributed by atoms with Crippen LogP contribution in [-0.4, -0.2) is 24.0 Å². The molecule has 5 heteroatoms. The van der Waals surface area contributed by atoms with Crippen molar-refractivity contribution in [2.24, 2.45) is 0 Å². The van der Waals surface area contributed by atoms with Gasteiger partial charge in [0, 0.05) is 12.8 Å². The first-order valence-electron chi connectivity index (χ1n) is 6.01. The molecule has 1 saturated carbocycles. The number of methoxy groups -OCH3 is 1. The molecule has 1 aromatic rings. The lowest BCUT2D eigenvalue weighted by molar-refractivity contribution is -0.0433. The Morgan fingerprint density at radius 3 is 2.67 bits per heavy atom. The van der Waals surface area contributed by atoms with Crippen LogP contribution in [0.15, 0.2) is 18.2 Å². The van der Waals surface area contributed by atoms with E-state index in [0.29, 0.717) is 25.7 Å². The minimum absolute atomic E-state index is 0.0853. The zero-order chi connectivity index (χ0) is 13.2. The molecule has 100 valence electrons. The summed E-state index contributed by atoms with van der Waals surface area (Å²) in [6, 6.07) is 4.50. The predicted octanol–water partition coefficient (Wildman–Crippen LogP) is 3.17. The number of aliphatic hydroxyl groups is 1. The maximum absolute atomic E-state index is 13.1. The first-order chi connectivity index (χ1) is 8.54. The Bertz CT molecular complexity index is 419. The number of hydrogen-bond donors (Lipinski definition) is 2. The van der Waals surface area contributed by atoms with Gasteiger partial charge in [-0.3, -0.25) is 0 Å². The topological polar surface area (TPSA) is 41.5 Å². The van der Waals surface area contributed by atoms with Crippen molar-refractivity contribution in [1.29, 1.82) is 0 Å². The van der Waals surface area contributed by atoms with Crippen molar-refractivity contribution in [2.45, 2.75) is 37.5 Å². The molecule has 0 spiro atoms. The van der Waals surface area contributed by atoms with Crippen LogP contribution in [0.5, 0.6) is 0 Å². The van der Waals surface area contributed by atoms with E-state index in [1.807, 2.05) is 0 Å². The van der Waals surface area contributed by atoms with Crippen LogP contribution in [0.2, 0.25) is 5.02 Å². The summed E-state index contributed by atoms with van der Waals surface area (Å²) in [5, 5.41) is 12.9. The molecule has 1 aliphatic rings. The van der Waals surface area contributed by atoms with Crippen LogP contribution >= 0.6 is 11.6 Å². The van der Waals surface area contributed by atoms with Crippen LogP contribution in [0.3, 0.4) is 0 Å². The van der Waals surface area contributed by atoms with E-state index < -0.39 is 11.5 Å². The van der Waals surface area contributed by atoms with Crippen LogP contribution < -0.4 is 5.32 Å². The number of ether oxygens (including phenoxy) is 1. The summed E-state index contributed by atoms with van der Waals surface area (Å²) in [6.07, 6.45) is 2.54. The summed E-state index contributed by atoms with van der Waals surface area (Å²) in [5.74, 6) is -0.437. The number of rotatable bonds is 3. The van der Waals surface area contributed by atoms with Gasteiger partial charge >= 0.3 is 0 Å². The van der Waals surface area contributed by atoms with Crippen molar-refractivity contribution in [3.63, 3.8) is 0 Å². The lowest BCUT2D eigenvalue weighted by Gasteiger charge is -2.39. The highest BCUT2D eigenvalue weighted by Gasteiger charge is 2.34. The van der Waals surface area contributed by atoms with Crippen molar-refractivity contribution >= 4 is 17.3 Å². The standard InChI is InChI=1S/C13H17ClFNO2/c1-18-13(6-4-10(17)5-7-13)16-9-2-3-12(15)11(14)8-9/h2-3,8,10,16-17H,4-7H2,1H3. The Kier molecular flexibility index (Phi) is 4.10. The fourth-order valence-electron chi connectivity index (χ4n) is 2.29. The van der Waals surface area contributed by atoms with Gasteiger partial charge in [-0.25, -0.2) is 4.39 Å². The third-order valence-corrected chi connectivity index (χ3v) is 3.73. The van der Waals surface area contributed by atoms with Crippen molar-refractivity contribution in [2.75, 3.05) is 12.4 Å². The molecule has 1 aromatic carbocycles. The molecule has 0 heterocycles. The van der Waals surface area contributed by atoms with E-state index in [1.165, 1.54) is 6.07 Å². The molecule has 0 atom stereocenters. The molecular weight excluding hydrogens is 257 g/mol. The maximum Gasteiger partial charge on any atom is 0.141 e. The van der Waals surface area contributed by atoms with Crippen molar-refractivity contribution < 1.29 is 14.2 Å². The minimum Gasteiger partial charge on any atom is -0.393 e. The number of benzene rings is 1. The summed E-state index contributed by atoms with van der Waals surface area (Å²) in [7, 11) is 1.63. The molecule has 0 bridgehead atoms. The fourth-order valence-corrected chi connectivity index (χ4v) is 2.47. The molecule has 0 amide bonds. The summed E-state index contributed by atoms with van der Waals surface area (Å²) in [6.45, 7) is 0. The average molecular weight is 274 g/mol. The van der Waals surface area contributed by atoms with E-state index >= 15 is 0 Å². The van der Waals surface area contributed by atoms with Crippen molar-refractivity contribution in [1.82, 2.24) is 0 Å². The average Bonchev–Trinajstić information content (AvgIpc) is 2.37. The number of halogens is 2. The Hall–Kier alpha value is -0.840. The number of hydrogen-bond acceptors (Lipinski definition) is 3. The zero-order valence-electron chi connectivity index (χ0n) is 10.2. The molecular formula is C13H17ClFNO2. The maximum atomic E-state index is 13.1. The lowest BCUT2D eigenvalue weighted by atomic mass is 9.89. The van der Waals surface area contributed by atoms with E-state index in [4.69, 9.17) is 16.3 Å². The summed E-state index contributed by atoms with van der Waals surface area (Å²) >= 11 is 5.75. The normalized spacial score (nSPS) is 28.1. The van der Waals surface area contributed by atoms with E-state index in [0.717, 1.165) is 5.69 Å². The second-order valence-corrected chi connectivity index (χ2v) is 5.09. The van der Waals surface area contributed by atoms with Crippen molar-refractivity contribution in [3.05, 3.63) is 29.0 Å². The van der Waals surface area contributed by atoms with Gasteiger partial charge in [0.25, 0.3) is 0 Å². The van der Waals surface area contributed by atoms with E-state index in [-0.39, 0.29) is 11.1 Å². The zero-order valence-corrected chi connectivity index (χ0v) is 11.0. The highest BCUT2D eigenvalue weighted by molar-refractivity contribution is 6.31. The van der Waals surface area contributed by atoms with Gasteiger partial charge in [-0.15, -0.1) is 0 Å². The molecule has 1 fully saturated rings. The highest BCUT2D eigenvalue weighted by Crippen LogP contribution is 2.33. The van der Waals surface area contributed by atoms with Gasteiger partial charge in [-0.1, -0.05) is 11.6 Å². The van der Waals surface area contributed by atoms with E-state index in [2.05, 4.69) is 5.32 Å². The molecule has 1 aliphatic carbocycles. The Morgan fingerprint density at radius 1 is 1.44 bits per heavy atom. The predicted molar refractivity (Wildman–Crippen MR) is 69.2 cm³/mol. The highest BCUT2D eigenvalue weighted by atomic mass is 35.5. The fraction of sp³-hybridized carbons (Fsp3) is 0.538. The molecule has 0 aromatic heterocycles. The number of anilines is 1. The van der Waals surface area contributed by atoms with Crippen LogP contribution in [0, 0.1) is 5.82 Å². The quantitative estimate of drug-likeness (QED) is 0.831. The Morgan fingerprint density at radius 2 is 2.11 bits per heavy atom. The molecule has 3 nitrogen and oxygen atoms in total. The first kappa shape index (κ1) is 13.6. The largest absolute Gasteiger partial charge is 0.393 e. The van der Waals surface area contributed by atoms with Crippen molar-refractivity contribution in [3.8, 4) is 0 Å². The number of aliphatic hydroxyl groups excluding tert-OH is 1. The Labute approximate surface area is 111 Å². The summed E-state index contributed by atoms with van der Waals surface area (Å²) < 4.78 is 18.6. The molecule has 0 aliphatic heterocycles. The third kappa shape index (κ3) is 2.94. The van der Waals surface area contributed by atoms with E-state index in [1.54, 1.807) is 19.2 Å². The van der Waals surface area contributed by atoms with Gasteiger partial charge in [0.15, 0.2) is 0 Å². The van der Waals surface area contributed by atoms with Crippen LogP contribution in [0.4, 0.5) is 10.1 Å². The lowest BCUT2D eigenvalue weighted by Crippen LogP contribution is -2.44. The molecule has 0 saturated heterocycles. The van der Waals surface area contributed by atoms with Gasteiger partial charge in [0.1, 0.15) is 11.5 Å². The molecule has 0 unspecified atom stereocenters. The summed E-state index contributed by atoms with van der Waals surface area (Å²) in [5.41, 5.74) is 0.222. The number of nitrogens with one attached hydrogen (secondary N) is 1.